The minimum Gasteiger partial charge on any atom is -0.346 e. The van der Waals surface area contributed by atoms with Crippen LogP contribution in [0, 0.1) is 0 Å². The summed E-state index contributed by atoms with van der Waals surface area (Å²) < 4.78 is 0.748. The molecular formula is C24H23BrN4O3. The molecule has 0 fully saturated rings. The molecule has 2 aromatic carbocycles. The molecule has 1 unspecified atom stereocenters. The van der Waals surface area contributed by atoms with Crippen molar-refractivity contribution < 1.29 is 14.4 Å². The van der Waals surface area contributed by atoms with E-state index >= 15 is 0 Å². The van der Waals surface area contributed by atoms with Crippen LogP contribution >= 0.6 is 15.9 Å². The average molecular weight is 495 g/mol. The molecule has 0 radical (unpaired) electrons. The van der Waals surface area contributed by atoms with Gasteiger partial charge in [0.2, 0.25) is 5.91 Å². The number of carbonyl (C=O) groups excluding carboxylic acids is 3. The SMILES string of the molecule is CCC(NC(=O)CCCN1C(=O)c2ccc(Br)cc2C1=O)c1ncc(-c2ccccc2)[nH]1. The summed E-state index contributed by atoms with van der Waals surface area (Å²) in [6.07, 6.45) is 3.04. The molecule has 32 heavy (non-hydrogen) atoms. The number of H-pyrrole nitrogens is 1. The summed E-state index contributed by atoms with van der Waals surface area (Å²) in [5.41, 5.74) is 2.72. The molecule has 1 aliphatic rings. The first-order valence-corrected chi connectivity index (χ1v) is 11.3. The number of nitrogens with one attached hydrogen (secondary N) is 2. The van der Waals surface area contributed by atoms with E-state index in [0.717, 1.165) is 15.7 Å². The van der Waals surface area contributed by atoms with Crippen LogP contribution in [0.5, 0.6) is 0 Å². The Morgan fingerprint density at radius 3 is 2.62 bits per heavy atom. The van der Waals surface area contributed by atoms with Gasteiger partial charge in [0.15, 0.2) is 0 Å². The highest BCUT2D eigenvalue weighted by Crippen LogP contribution is 2.26. The third-order valence-corrected chi connectivity index (χ3v) is 5.97. The van der Waals surface area contributed by atoms with Crippen LogP contribution in [0.1, 0.15) is 58.8 Å². The fraction of sp³-hybridized carbons (Fsp3) is 0.250. The van der Waals surface area contributed by atoms with Gasteiger partial charge in [-0.25, -0.2) is 4.98 Å². The third-order valence-electron chi connectivity index (χ3n) is 5.47. The predicted molar refractivity (Wildman–Crippen MR) is 124 cm³/mol. The summed E-state index contributed by atoms with van der Waals surface area (Å²) in [6, 6.07) is 14.7. The lowest BCUT2D eigenvalue weighted by Crippen LogP contribution is -2.33. The van der Waals surface area contributed by atoms with Crippen LogP contribution in [0.15, 0.2) is 59.2 Å². The molecule has 7 nitrogen and oxygen atoms in total. The van der Waals surface area contributed by atoms with Crippen LogP contribution in [0.3, 0.4) is 0 Å². The largest absolute Gasteiger partial charge is 0.346 e. The van der Waals surface area contributed by atoms with Gasteiger partial charge in [0.25, 0.3) is 11.8 Å². The molecule has 0 saturated carbocycles. The Kier molecular flexibility index (Phi) is 6.50. The number of aromatic nitrogens is 2. The molecule has 8 heteroatoms. The van der Waals surface area contributed by atoms with Crippen molar-refractivity contribution in [3.05, 3.63) is 76.2 Å². The van der Waals surface area contributed by atoms with Gasteiger partial charge in [-0.05, 0) is 36.6 Å². The van der Waals surface area contributed by atoms with E-state index in [1.165, 1.54) is 4.90 Å². The molecule has 4 rings (SSSR count). The van der Waals surface area contributed by atoms with Gasteiger partial charge < -0.3 is 10.3 Å². The number of benzene rings is 2. The minimum atomic E-state index is -0.317. The van der Waals surface area contributed by atoms with Crippen molar-refractivity contribution in [2.75, 3.05) is 6.54 Å². The molecule has 3 aromatic rings. The van der Waals surface area contributed by atoms with Gasteiger partial charge in [0.1, 0.15) is 5.82 Å². The predicted octanol–water partition coefficient (Wildman–Crippen LogP) is 4.48. The maximum Gasteiger partial charge on any atom is 0.261 e. The highest BCUT2D eigenvalue weighted by molar-refractivity contribution is 9.10. The van der Waals surface area contributed by atoms with E-state index < -0.39 is 0 Å². The summed E-state index contributed by atoms with van der Waals surface area (Å²) in [7, 11) is 0. The molecule has 2 N–H and O–H groups in total. The number of nitrogens with zero attached hydrogens (tertiary/aromatic N) is 2. The first-order valence-electron chi connectivity index (χ1n) is 10.5. The Labute approximate surface area is 194 Å². The highest BCUT2D eigenvalue weighted by atomic mass is 79.9. The van der Waals surface area contributed by atoms with Crippen molar-refractivity contribution in [2.45, 2.75) is 32.2 Å². The Bertz CT molecular complexity index is 1160. The van der Waals surface area contributed by atoms with E-state index in [1.807, 2.05) is 37.3 Å². The van der Waals surface area contributed by atoms with E-state index in [4.69, 9.17) is 0 Å². The van der Waals surface area contributed by atoms with Crippen LogP contribution < -0.4 is 5.32 Å². The van der Waals surface area contributed by atoms with Crippen LogP contribution in [-0.2, 0) is 4.79 Å². The summed E-state index contributed by atoms with van der Waals surface area (Å²) in [5.74, 6) is -0.0740. The minimum absolute atomic E-state index is 0.145. The van der Waals surface area contributed by atoms with E-state index in [1.54, 1.807) is 24.4 Å². The Hall–Kier alpha value is -3.26. The van der Waals surface area contributed by atoms with Gasteiger partial charge in [0, 0.05) is 17.4 Å². The number of carbonyl (C=O) groups is 3. The quantitative estimate of drug-likeness (QED) is 0.451. The topological polar surface area (TPSA) is 95.2 Å². The van der Waals surface area contributed by atoms with Gasteiger partial charge in [-0.3, -0.25) is 19.3 Å². The number of imidazole rings is 1. The lowest BCUT2D eigenvalue weighted by Gasteiger charge is -2.16. The Balaban J connectivity index is 1.31. The average Bonchev–Trinajstić information content (AvgIpc) is 3.38. The fourth-order valence-electron chi connectivity index (χ4n) is 3.77. The normalized spacial score (nSPS) is 13.9. The smallest absolute Gasteiger partial charge is 0.261 e. The molecule has 2 heterocycles. The molecule has 0 spiro atoms. The second-order valence-corrected chi connectivity index (χ2v) is 8.55. The fourth-order valence-corrected chi connectivity index (χ4v) is 4.13. The molecule has 3 amide bonds. The van der Waals surface area contributed by atoms with E-state index in [0.29, 0.717) is 29.8 Å². The van der Waals surface area contributed by atoms with Gasteiger partial charge in [0.05, 0.1) is 29.1 Å². The zero-order valence-electron chi connectivity index (χ0n) is 17.6. The Morgan fingerprint density at radius 1 is 1.12 bits per heavy atom. The van der Waals surface area contributed by atoms with Crippen LogP contribution in [0.4, 0.5) is 0 Å². The maximum absolute atomic E-state index is 12.5. The van der Waals surface area contributed by atoms with Crippen LogP contribution in [0.25, 0.3) is 11.3 Å². The first kappa shape index (κ1) is 22.0. The summed E-state index contributed by atoms with van der Waals surface area (Å²) in [4.78, 5) is 46.5. The number of hydrogen-bond donors (Lipinski definition) is 2. The van der Waals surface area contributed by atoms with Crippen molar-refractivity contribution in [1.29, 1.82) is 0 Å². The molecule has 1 aliphatic heterocycles. The zero-order valence-corrected chi connectivity index (χ0v) is 19.2. The van der Waals surface area contributed by atoms with E-state index in [-0.39, 0.29) is 36.7 Å². The van der Waals surface area contributed by atoms with Gasteiger partial charge in [-0.15, -0.1) is 0 Å². The van der Waals surface area contributed by atoms with Crippen LogP contribution in [0.2, 0.25) is 0 Å². The lowest BCUT2D eigenvalue weighted by molar-refractivity contribution is -0.122. The second kappa shape index (κ2) is 9.48. The van der Waals surface area contributed by atoms with Crippen molar-refractivity contribution in [3.63, 3.8) is 0 Å². The zero-order chi connectivity index (χ0) is 22.7. The van der Waals surface area contributed by atoms with Gasteiger partial charge in [-0.1, -0.05) is 53.2 Å². The van der Waals surface area contributed by atoms with Gasteiger partial charge in [-0.2, -0.15) is 0 Å². The molecular weight excluding hydrogens is 472 g/mol. The molecule has 164 valence electrons. The number of aromatic amines is 1. The van der Waals surface area contributed by atoms with E-state index in [2.05, 4.69) is 31.2 Å². The number of fused-ring (bicyclic) bond motifs is 1. The standard InChI is InChI=1S/C24H23BrN4O3/c1-2-19(22-26-14-20(28-22)15-7-4-3-5-8-15)27-21(30)9-6-12-29-23(31)17-11-10-16(25)13-18(17)24(29)32/h3-5,7-8,10-11,13-14,19H,2,6,9,12H2,1H3,(H,26,28)(H,27,30). The van der Waals surface area contributed by atoms with Gasteiger partial charge >= 0.3 is 0 Å². The van der Waals surface area contributed by atoms with Crippen molar-refractivity contribution in [3.8, 4) is 11.3 Å². The highest BCUT2D eigenvalue weighted by Gasteiger charge is 2.35. The summed E-state index contributed by atoms with van der Waals surface area (Å²) >= 11 is 3.32. The number of hydrogen-bond acceptors (Lipinski definition) is 4. The lowest BCUT2D eigenvalue weighted by atomic mass is 10.1. The maximum atomic E-state index is 12.5. The first-order chi connectivity index (χ1) is 15.5. The molecule has 0 bridgehead atoms. The van der Waals surface area contributed by atoms with Crippen molar-refractivity contribution in [1.82, 2.24) is 20.2 Å². The second-order valence-electron chi connectivity index (χ2n) is 7.63. The molecule has 0 saturated heterocycles. The number of rotatable bonds is 8. The molecule has 1 atom stereocenters. The monoisotopic (exact) mass is 494 g/mol. The number of imide groups is 1. The molecule has 1 aromatic heterocycles. The van der Waals surface area contributed by atoms with E-state index in [9.17, 15) is 14.4 Å². The number of halogens is 1. The Morgan fingerprint density at radius 2 is 1.88 bits per heavy atom. The third kappa shape index (κ3) is 4.50. The summed E-state index contributed by atoms with van der Waals surface area (Å²) in [5, 5.41) is 2.99. The molecule has 0 aliphatic carbocycles. The van der Waals surface area contributed by atoms with Crippen LogP contribution in [-0.4, -0.2) is 39.1 Å². The number of amides is 3. The summed E-state index contributed by atoms with van der Waals surface area (Å²) in [6.45, 7) is 2.18. The van der Waals surface area contributed by atoms with Crippen molar-refractivity contribution in [2.24, 2.45) is 0 Å². The van der Waals surface area contributed by atoms with Crippen molar-refractivity contribution >= 4 is 33.7 Å².